The molecule has 2 amide bonds. The van der Waals surface area contributed by atoms with Gasteiger partial charge in [-0.05, 0) is 57.7 Å². The Bertz CT molecular complexity index is 1030. The number of carbonyl (C=O) groups excluding carboxylic acids is 4. The van der Waals surface area contributed by atoms with Gasteiger partial charge in [0.1, 0.15) is 12.2 Å². The zero-order chi connectivity index (χ0) is 26.6. The molecule has 0 spiro atoms. The summed E-state index contributed by atoms with van der Waals surface area (Å²) in [6, 6.07) is 14.6. The number of methoxy groups -OCH3 is 1. The number of benzene rings is 2. The molecule has 36 heavy (non-hydrogen) atoms. The first kappa shape index (κ1) is 28.4. The van der Waals surface area contributed by atoms with Crippen LogP contribution in [-0.2, 0) is 20.8 Å². The lowest BCUT2D eigenvalue weighted by Crippen LogP contribution is -2.43. The van der Waals surface area contributed by atoms with Gasteiger partial charge in [-0.15, -0.1) is 0 Å². The smallest absolute Gasteiger partial charge is 0.408 e. The number of hydrogen-bond donors (Lipinski definition) is 2. The van der Waals surface area contributed by atoms with Gasteiger partial charge in [-0.1, -0.05) is 42.5 Å². The summed E-state index contributed by atoms with van der Waals surface area (Å²) in [5, 5.41) is 5.31. The van der Waals surface area contributed by atoms with E-state index >= 15 is 0 Å². The first-order chi connectivity index (χ1) is 17.1. The predicted molar refractivity (Wildman–Crippen MR) is 134 cm³/mol. The Labute approximate surface area is 211 Å². The van der Waals surface area contributed by atoms with E-state index in [-0.39, 0.29) is 23.5 Å². The van der Waals surface area contributed by atoms with E-state index in [2.05, 4.69) is 10.6 Å². The van der Waals surface area contributed by atoms with Crippen molar-refractivity contribution >= 4 is 23.9 Å². The van der Waals surface area contributed by atoms with Gasteiger partial charge < -0.3 is 24.8 Å². The molecule has 194 valence electrons. The quantitative estimate of drug-likeness (QED) is 0.200. The number of ketones is 1. The maximum atomic E-state index is 13.2. The summed E-state index contributed by atoms with van der Waals surface area (Å²) in [6.45, 7) is 5.70. The summed E-state index contributed by atoms with van der Waals surface area (Å²) in [5.41, 5.74) is 0.657. The second-order valence-electron chi connectivity index (χ2n) is 9.12. The Morgan fingerprint density at radius 1 is 0.889 bits per heavy atom. The van der Waals surface area contributed by atoms with Crippen LogP contribution in [0.15, 0.2) is 54.6 Å². The van der Waals surface area contributed by atoms with Gasteiger partial charge in [0.05, 0.1) is 18.7 Å². The third kappa shape index (κ3) is 10.2. The lowest BCUT2D eigenvalue weighted by molar-refractivity contribution is 0.0487. The van der Waals surface area contributed by atoms with Crippen LogP contribution in [0.1, 0.15) is 66.3 Å². The van der Waals surface area contributed by atoms with Gasteiger partial charge in [-0.3, -0.25) is 4.79 Å². The van der Waals surface area contributed by atoms with Crippen LogP contribution in [0.5, 0.6) is 0 Å². The number of unbranched alkanes of at least 4 members (excludes halogenated alkanes) is 1. The molecule has 0 radical (unpaired) electrons. The molecular formula is C27H34N2O7. The molecule has 0 aliphatic carbocycles. The fraction of sp³-hybridized carbons (Fsp3) is 0.407. The Balaban J connectivity index is 1.92. The maximum absolute atomic E-state index is 13.2. The highest BCUT2D eigenvalue weighted by Gasteiger charge is 2.25. The summed E-state index contributed by atoms with van der Waals surface area (Å²) in [6.07, 6.45) is 0.150. The fourth-order valence-electron chi connectivity index (χ4n) is 3.28. The molecule has 0 aliphatic rings. The number of carbonyl (C=O) groups is 4. The predicted octanol–water partition coefficient (Wildman–Crippen LogP) is 4.65. The molecule has 0 bridgehead atoms. The van der Waals surface area contributed by atoms with E-state index < -0.39 is 29.8 Å². The molecule has 2 aromatic carbocycles. The standard InChI is InChI=1S/C27H34N2O7/c1-27(2,3)36-26(33)29-22(23(30)20-13-10-14-21(17-20)24(31)34-4)15-8-9-16-28-25(32)35-18-19-11-6-5-7-12-19/h5-7,10-14,17,22H,8-9,15-16,18H2,1-4H3,(H,28,32)(H,29,33). The molecule has 2 rings (SSSR count). The van der Waals surface area contributed by atoms with Gasteiger partial charge >= 0.3 is 18.2 Å². The summed E-state index contributed by atoms with van der Waals surface area (Å²) < 4.78 is 15.2. The van der Waals surface area contributed by atoms with E-state index in [0.717, 1.165) is 5.56 Å². The number of rotatable bonds is 11. The Morgan fingerprint density at radius 3 is 2.25 bits per heavy atom. The van der Waals surface area contributed by atoms with Crippen LogP contribution in [-0.4, -0.2) is 49.2 Å². The van der Waals surface area contributed by atoms with Crippen molar-refractivity contribution < 1.29 is 33.4 Å². The van der Waals surface area contributed by atoms with Crippen molar-refractivity contribution in [1.82, 2.24) is 10.6 Å². The average molecular weight is 499 g/mol. The van der Waals surface area contributed by atoms with E-state index in [0.29, 0.717) is 25.8 Å². The number of Topliss-reactive ketones (excluding diaryl/α,β-unsaturated/α-hetero) is 1. The zero-order valence-corrected chi connectivity index (χ0v) is 21.2. The molecule has 9 heteroatoms. The van der Waals surface area contributed by atoms with Crippen molar-refractivity contribution in [3.63, 3.8) is 0 Å². The second-order valence-corrected chi connectivity index (χ2v) is 9.12. The highest BCUT2D eigenvalue weighted by molar-refractivity contribution is 6.03. The first-order valence-electron chi connectivity index (χ1n) is 11.8. The minimum absolute atomic E-state index is 0.174. The van der Waals surface area contributed by atoms with Crippen LogP contribution in [0.2, 0.25) is 0 Å². The zero-order valence-electron chi connectivity index (χ0n) is 21.2. The van der Waals surface area contributed by atoms with E-state index in [1.54, 1.807) is 39.0 Å². The Kier molecular flexibility index (Phi) is 10.9. The van der Waals surface area contributed by atoms with Crippen LogP contribution in [0.25, 0.3) is 0 Å². The van der Waals surface area contributed by atoms with Crippen molar-refractivity contribution in [2.24, 2.45) is 0 Å². The summed E-state index contributed by atoms with van der Waals surface area (Å²) >= 11 is 0. The number of esters is 1. The van der Waals surface area contributed by atoms with Gasteiger partial charge in [0.15, 0.2) is 5.78 Å². The molecule has 1 unspecified atom stereocenters. The van der Waals surface area contributed by atoms with Gasteiger partial charge in [0, 0.05) is 12.1 Å². The highest BCUT2D eigenvalue weighted by atomic mass is 16.6. The number of ether oxygens (including phenoxy) is 3. The fourth-order valence-corrected chi connectivity index (χ4v) is 3.28. The second kappa shape index (κ2) is 13.9. The van der Waals surface area contributed by atoms with Crippen molar-refractivity contribution in [3.8, 4) is 0 Å². The number of alkyl carbamates (subject to hydrolysis) is 2. The normalized spacial score (nSPS) is 11.7. The van der Waals surface area contributed by atoms with Crippen molar-refractivity contribution in [1.29, 1.82) is 0 Å². The molecule has 0 aromatic heterocycles. The van der Waals surface area contributed by atoms with Gasteiger partial charge in [-0.2, -0.15) is 0 Å². The number of hydrogen-bond acceptors (Lipinski definition) is 7. The minimum atomic E-state index is -0.877. The van der Waals surface area contributed by atoms with E-state index in [4.69, 9.17) is 14.2 Å². The Hall–Kier alpha value is -3.88. The third-order valence-corrected chi connectivity index (χ3v) is 4.98. The molecule has 0 heterocycles. The lowest BCUT2D eigenvalue weighted by Gasteiger charge is -2.23. The van der Waals surface area contributed by atoms with Gasteiger partial charge in [0.25, 0.3) is 0 Å². The molecular weight excluding hydrogens is 464 g/mol. The number of amides is 2. The van der Waals surface area contributed by atoms with E-state index in [9.17, 15) is 19.2 Å². The molecule has 0 saturated carbocycles. The molecule has 0 saturated heterocycles. The van der Waals surface area contributed by atoms with Crippen molar-refractivity contribution in [3.05, 3.63) is 71.3 Å². The minimum Gasteiger partial charge on any atom is -0.465 e. The molecule has 2 aromatic rings. The van der Waals surface area contributed by atoms with E-state index in [1.165, 1.54) is 13.2 Å². The monoisotopic (exact) mass is 498 g/mol. The van der Waals surface area contributed by atoms with Crippen molar-refractivity contribution in [2.45, 2.75) is 58.3 Å². The van der Waals surface area contributed by atoms with Gasteiger partial charge in [0.2, 0.25) is 0 Å². The SMILES string of the molecule is COC(=O)c1cccc(C(=O)C(CCCCNC(=O)OCc2ccccc2)NC(=O)OC(C)(C)C)c1. The van der Waals surface area contributed by atoms with Crippen LogP contribution in [0.4, 0.5) is 9.59 Å². The van der Waals surface area contributed by atoms with Crippen LogP contribution >= 0.6 is 0 Å². The van der Waals surface area contributed by atoms with Gasteiger partial charge in [-0.25, -0.2) is 14.4 Å². The first-order valence-corrected chi connectivity index (χ1v) is 11.8. The number of nitrogens with one attached hydrogen (secondary N) is 2. The molecule has 0 fully saturated rings. The summed E-state index contributed by atoms with van der Waals surface area (Å²) in [4.78, 5) is 49.3. The highest BCUT2D eigenvalue weighted by Crippen LogP contribution is 2.14. The van der Waals surface area contributed by atoms with Crippen molar-refractivity contribution in [2.75, 3.05) is 13.7 Å². The molecule has 1 atom stereocenters. The van der Waals surface area contributed by atoms with Crippen LogP contribution in [0, 0.1) is 0 Å². The topological polar surface area (TPSA) is 120 Å². The lowest BCUT2D eigenvalue weighted by atomic mass is 9.98. The Morgan fingerprint density at radius 2 is 1.58 bits per heavy atom. The van der Waals surface area contributed by atoms with Crippen LogP contribution in [0.3, 0.4) is 0 Å². The summed E-state index contributed by atoms with van der Waals surface area (Å²) in [5.74, 6) is -0.923. The maximum Gasteiger partial charge on any atom is 0.408 e. The molecule has 2 N–H and O–H groups in total. The average Bonchev–Trinajstić information content (AvgIpc) is 2.85. The molecule has 9 nitrogen and oxygen atoms in total. The van der Waals surface area contributed by atoms with E-state index in [1.807, 2.05) is 30.3 Å². The third-order valence-electron chi connectivity index (χ3n) is 4.98. The summed E-state index contributed by atoms with van der Waals surface area (Å²) in [7, 11) is 1.26. The van der Waals surface area contributed by atoms with Crippen LogP contribution < -0.4 is 10.6 Å². The molecule has 0 aliphatic heterocycles. The largest absolute Gasteiger partial charge is 0.465 e.